The number of ether oxygens (including phenoxy) is 1. The number of furan rings is 1. The molecule has 0 bridgehead atoms. The number of hydrogen-bond acceptors (Lipinski definition) is 4. The van der Waals surface area contributed by atoms with E-state index in [1.165, 1.54) is 11.1 Å². The van der Waals surface area contributed by atoms with Gasteiger partial charge in [0.25, 0.3) is 5.91 Å². The van der Waals surface area contributed by atoms with Crippen molar-refractivity contribution in [2.45, 2.75) is 39.3 Å². The molecule has 3 rings (SSSR count). The SMILES string of the molecule is CCNC(=NCc1ccc(C(N)=O)o1)NCC1CCCOC1c1ccc(C)cc1.I. The van der Waals surface area contributed by atoms with Gasteiger partial charge in [-0.2, -0.15) is 0 Å². The van der Waals surface area contributed by atoms with Crippen LogP contribution in [0.3, 0.4) is 0 Å². The van der Waals surface area contributed by atoms with E-state index in [9.17, 15) is 4.79 Å². The van der Waals surface area contributed by atoms with E-state index in [0.29, 0.717) is 24.2 Å². The maximum Gasteiger partial charge on any atom is 0.284 e. The highest BCUT2D eigenvalue weighted by Gasteiger charge is 2.27. The minimum Gasteiger partial charge on any atom is -0.454 e. The Kier molecular flexibility index (Phi) is 9.64. The van der Waals surface area contributed by atoms with Gasteiger partial charge in [-0.25, -0.2) is 4.99 Å². The van der Waals surface area contributed by atoms with Crippen LogP contribution in [0, 0.1) is 12.8 Å². The van der Waals surface area contributed by atoms with E-state index < -0.39 is 5.91 Å². The minimum atomic E-state index is -0.579. The summed E-state index contributed by atoms with van der Waals surface area (Å²) >= 11 is 0. The van der Waals surface area contributed by atoms with Gasteiger partial charge in [0.05, 0.1) is 6.10 Å². The molecule has 4 N–H and O–H groups in total. The van der Waals surface area contributed by atoms with Crippen LogP contribution in [0.2, 0.25) is 0 Å². The van der Waals surface area contributed by atoms with Crippen molar-refractivity contribution in [1.29, 1.82) is 0 Å². The Morgan fingerprint density at radius 3 is 2.63 bits per heavy atom. The van der Waals surface area contributed by atoms with E-state index in [4.69, 9.17) is 14.9 Å². The maximum atomic E-state index is 11.2. The predicted octanol–water partition coefficient (Wildman–Crippen LogP) is 3.53. The molecule has 1 aromatic heterocycles. The van der Waals surface area contributed by atoms with Crippen LogP contribution < -0.4 is 16.4 Å². The molecule has 2 aromatic rings. The Morgan fingerprint density at radius 1 is 1.20 bits per heavy atom. The fourth-order valence-corrected chi connectivity index (χ4v) is 3.50. The second-order valence-corrected chi connectivity index (χ2v) is 7.31. The smallest absolute Gasteiger partial charge is 0.284 e. The summed E-state index contributed by atoms with van der Waals surface area (Å²) in [6, 6.07) is 11.9. The molecule has 1 fully saturated rings. The molecule has 2 unspecified atom stereocenters. The number of aryl methyl sites for hydroxylation is 1. The number of halogens is 1. The predicted molar refractivity (Wildman–Crippen MR) is 128 cm³/mol. The van der Waals surface area contributed by atoms with Crippen LogP contribution in [-0.4, -0.2) is 31.6 Å². The number of aliphatic imine (C=N–C) groups is 1. The Morgan fingerprint density at radius 2 is 1.97 bits per heavy atom. The van der Waals surface area contributed by atoms with Crippen LogP contribution in [0.25, 0.3) is 0 Å². The Hall–Kier alpha value is -2.07. The van der Waals surface area contributed by atoms with Crippen molar-refractivity contribution in [3.63, 3.8) is 0 Å². The van der Waals surface area contributed by atoms with Crippen LogP contribution in [0.1, 0.15) is 53.3 Å². The molecular weight excluding hydrogens is 495 g/mol. The second-order valence-electron chi connectivity index (χ2n) is 7.31. The molecule has 0 aliphatic carbocycles. The number of amides is 1. The highest BCUT2D eigenvalue weighted by atomic mass is 127. The summed E-state index contributed by atoms with van der Waals surface area (Å²) in [5.41, 5.74) is 7.69. The van der Waals surface area contributed by atoms with Gasteiger partial charge >= 0.3 is 0 Å². The van der Waals surface area contributed by atoms with E-state index in [1.54, 1.807) is 12.1 Å². The first-order valence-electron chi connectivity index (χ1n) is 10.2. The highest BCUT2D eigenvalue weighted by Crippen LogP contribution is 2.33. The number of guanidine groups is 1. The van der Waals surface area contributed by atoms with Crippen molar-refractivity contribution in [2.24, 2.45) is 16.6 Å². The van der Waals surface area contributed by atoms with Gasteiger partial charge in [0, 0.05) is 25.6 Å². The molecular formula is C22H31IN4O3. The summed E-state index contributed by atoms with van der Waals surface area (Å²) in [5, 5.41) is 6.68. The average molecular weight is 526 g/mol. The fraction of sp³-hybridized carbons (Fsp3) is 0.455. The number of nitrogens with zero attached hydrogens (tertiary/aromatic N) is 1. The van der Waals surface area contributed by atoms with Crippen LogP contribution in [0.5, 0.6) is 0 Å². The summed E-state index contributed by atoms with van der Waals surface area (Å²) < 4.78 is 11.5. The van der Waals surface area contributed by atoms with Gasteiger partial charge < -0.3 is 25.5 Å². The lowest BCUT2D eigenvalue weighted by Gasteiger charge is -2.32. The molecule has 8 heteroatoms. The molecule has 1 aliphatic heterocycles. The molecule has 0 spiro atoms. The monoisotopic (exact) mass is 526 g/mol. The van der Waals surface area contributed by atoms with E-state index in [2.05, 4.69) is 46.8 Å². The Balaban J connectivity index is 0.00000320. The third-order valence-electron chi connectivity index (χ3n) is 5.02. The normalized spacial score (nSPS) is 19.1. The van der Waals surface area contributed by atoms with Gasteiger partial charge in [0.1, 0.15) is 12.3 Å². The topological polar surface area (TPSA) is 102 Å². The number of carbonyl (C=O) groups is 1. The van der Waals surface area contributed by atoms with E-state index in [0.717, 1.165) is 32.5 Å². The lowest BCUT2D eigenvalue weighted by atomic mass is 9.89. The van der Waals surface area contributed by atoms with Gasteiger partial charge in [0.15, 0.2) is 11.7 Å². The first kappa shape index (κ1) is 24.2. The third kappa shape index (κ3) is 6.73. The van der Waals surface area contributed by atoms with Gasteiger partial charge in [-0.05, 0) is 44.4 Å². The molecule has 0 radical (unpaired) electrons. The van der Waals surface area contributed by atoms with Gasteiger partial charge in [0.2, 0.25) is 0 Å². The second kappa shape index (κ2) is 11.9. The number of nitrogens with one attached hydrogen (secondary N) is 2. The lowest BCUT2D eigenvalue weighted by molar-refractivity contribution is -0.0265. The van der Waals surface area contributed by atoms with E-state index in [-0.39, 0.29) is 35.8 Å². The quantitative estimate of drug-likeness (QED) is 0.291. The number of hydrogen-bond donors (Lipinski definition) is 3. The standard InChI is InChI=1S/C22H30N4O3.HI/c1-3-24-22(26-14-18-10-11-19(29-18)21(23)27)25-13-17-5-4-12-28-20(17)16-8-6-15(2)7-9-16;/h6-11,17,20H,3-5,12-14H2,1-2H3,(H2,23,27)(H2,24,25,26);1H. The van der Waals surface area contributed by atoms with Gasteiger partial charge in [-0.3, -0.25) is 4.79 Å². The molecule has 2 atom stereocenters. The van der Waals surface area contributed by atoms with Crippen molar-refractivity contribution < 1.29 is 13.9 Å². The Labute approximate surface area is 194 Å². The molecule has 7 nitrogen and oxygen atoms in total. The molecule has 1 aliphatic rings. The fourth-order valence-electron chi connectivity index (χ4n) is 3.50. The molecule has 1 saturated heterocycles. The van der Waals surface area contributed by atoms with Crippen molar-refractivity contribution in [1.82, 2.24) is 10.6 Å². The largest absolute Gasteiger partial charge is 0.454 e. The summed E-state index contributed by atoms with van der Waals surface area (Å²) in [5.74, 6) is 1.23. The minimum absolute atomic E-state index is 0. The van der Waals surface area contributed by atoms with Crippen LogP contribution in [0.15, 0.2) is 45.8 Å². The molecule has 0 saturated carbocycles. The van der Waals surface area contributed by atoms with Gasteiger partial charge in [-0.1, -0.05) is 29.8 Å². The third-order valence-corrected chi connectivity index (χ3v) is 5.02. The average Bonchev–Trinajstić information content (AvgIpc) is 3.20. The first-order chi connectivity index (χ1) is 14.1. The number of rotatable bonds is 7. The summed E-state index contributed by atoms with van der Waals surface area (Å²) in [7, 11) is 0. The number of carbonyl (C=O) groups excluding carboxylic acids is 1. The zero-order valence-corrected chi connectivity index (χ0v) is 19.8. The van der Waals surface area contributed by atoms with E-state index in [1.807, 2.05) is 6.92 Å². The molecule has 1 amide bonds. The maximum absolute atomic E-state index is 11.2. The number of primary amides is 1. The van der Waals surface area contributed by atoms with Crippen LogP contribution in [0.4, 0.5) is 0 Å². The zero-order chi connectivity index (χ0) is 20.6. The molecule has 30 heavy (non-hydrogen) atoms. The van der Waals surface area contributed by atoms with Crippen LogP contribution in [-0.2, 0) is 11.3 Å². The zero-order valence-electron chi connectivity index (χ0n) is 17.5. The van der Waals surface area contributed by atoms with Crippen molar-refractivity contribution >= 4 is 35.8 Å². The first-order valence-corrected chi connectivity index (χ1v) is 10.2. The lowest BCUT2D eigenvalue weighted by Crippen LogP contribution is -2.42. The number of nitrogens with two attached hydrogens (primary N) is 1. The van der Waals surface area contributed by atoms with Crippen LogP contribution >= 0.6 is 24.0 Å². The van der Waals surface area contributed by atoms with Crippen molar-refractivity contribution in [3.8, 4) is 0 Å². The van der Waals surface area contributed by atoms with Crippen molar-refractivity contribution in [2.75, 3.05) is 19.7 Å². The highest BCUT2D eigenvalue weighted by molar-refractivity contribution is 14.0. The summed E-state index contributed by atoms with van der Waals surface area (Å²) in [4.78, 5) is 15.7. The summed E-state index contributed by atoms with van der Waals surface area (Å²) in [6.45, 7) is 6.74. The summed E-state index contributed by atoms with van der Waals surface area (Å²) in [6.07, 6.45) is 2.25. The molecule has 1 aromatic carbocycles. The molecule has 164 valence electrons. The van der Waals surface area contributed by atoms with E-state index >= 15 is 0 Å². The van der Waals surface area contributed by atoms with Crippen molar-refractivity contribution in [3.05, 3.63) is 59.0 Å². The Bertz CT molecular complexity index is 835. The molecule has 2 heterocycles. The number of benzene rings is 1. The van der Waals surface area contributed by atoms with Gasteiger partial charge in [-0.15, -0.1) is 24.0 Å².